The lowest BCUT2D eigenvalue weighted by molar-refractivity contribution is 0.0733. The number of fused-ring (bicyclic) bond motifs is 1. The molecule has 3 aromatic carbocycles. The molecular formula is C26H22BrN3O6. The molecule has 0 amide bonds. The summed E-state index contributed by atoms with van der Waals surface area (Å²) >= 11 is 3.42. The Balaban J connectivity index is 1.70. The van der Waals surface area contributed by atoms with Crippen LogP contribution in [-0.4, -0.2) is 43.2 Å². The van der Waals surface area contributed by atoms with Crippen LogP contribution in [0.3, 0.4) is 0 Å². The molecule has 0 aliphatic rings. The number of hydrogen-bond acceptors (Lipinski definition) is 8. The van der Waals surface area contributed by atoms with Crippen molar-refractivity contribution in [3.8, 4) is 23.0 Å². The van der Waals surface area contributed by atoms with Gasteiger partial charge in [0, 0.05) is 10.0 Å². The van der Waals surface area contributed by atoms with Gasteiger partial charge in [0.2, 0.25) is 5.75 Å². The van der Waals surface area contributed by atoms with Gasteiger partial charge in [-0.15, -0.1) is 0 Å². The summed E-state index contributed by atoms with van der Waals surface area (Å²) in [5, 5.41) is 4.78. The first-order valence-corrected chi connectivity index (χ1v) is 11.5. The summed E-state index contributed by atoms with van der Waals surface area (Å²) < 4.78 is 23.6. The number of para-hydroxylation sites is 1. The molecule has 0 aliphatic heterocycles. The zero-order valence-electron chi connectivity index (χ0n) is 19.9. The van der Waals surface area contributed by atoms with Gasteiger partial charge in [0.25, 0.3) is 5.56 Å². The van der Waals surface area contributed by atoms with Gasteiger partial charge < -0.3 is 18.9 Å². The molecule has 0 atom stereocenters. The number of aryl methyl sites for hydroxylation is 1. The standard InChI is InChI=1S/C26H22BrN3O6/c1-15-29-20-8-6-5-7-19(20)25(31)30(15)28-14-17-11-18(27)9-10-21(17)36-26(32)16-12-22(33-2)24(35-4)23(13-16)34-3/h5-14H,1-4H3. The third-order valence-corrected chi connectivity index (χ3v) is 5.80. The third-order valence-electron chi connectivity index (χ3n) is 5.30. The fourth-order valence-electron chi connectivity index (χ4n) is 3.56. The van der Waals surface area contributed by atoms with E-state index >= 15 is 0 Å². The van der Waals surface area contributed by atoms with Gasteiger partial charge in [-0.3, -0.25) is 4.79 Å². The highest BCUT2D eigenvalue weighted by atomic mass is 79.9. The Morgan fingerprint density at radius 3 is 2.33 bits per heavy atom. The number of aromatic nitrogens is 2. The fourth-order valence-corrected chi connectivity index (χ4v) is 3.94. The normalized spacial score (nSPS) is 11.0. The first-order chi connectivity index (χ1) is 17.4. The molecule has 0 N–H and O–H groups in total. The second kappa shape index (κ2) is 10.6. The average Bonchev–Trinajstić information content (AvgIpc) is 2.88. The van der Waals surface area contributed by atoms with Gasteiger partial charge in [-0.05, 0) is 49.4 Å². The van der Waals surface area contributed by atoms with Crippen LogP contribution in [0.2, 0.25) is 0 Å². The molecule has 36 heavy (non-hydrogen) atoms. The van der Waals surface area contributed by atoms with Crippen molar-refractivity contribution < 1.29 is 23.7 Å². The minimum atomic E-state index is -0.646. The molecule has 4 rings (SSSR count). The van der Waals surface area contributed by atoms with Gasteiger partial charge in [-0.2, -0.15) is 9.78 Å². The largest absolute Gasteiger partial charge is 0.493 e. The Labute approximate surface area is 215 Å². The van der Waals surface area contributed by atoms with E-state index in [1.807, 2.05) is 6.07 Å². The Hall–Kier alpha value is -4.18. The number of rotatable bonds is 7. The van der Waals surface area contributed by atoms with Crippen molar-refractivity contribution in [3.63, 3.8) is 0 Å². The van der Waals surface area contributed by atoms with Gasteiger partial charge in [0.15, 0.2) is 11.5 Å². The molecule has 0 saturated heterocycles. The highest BCUT2D eigenvalue weighted by Crippen LogP contribution is 2.38. The summed E-state index contributed by atoms with van der Waals surface area (Å²) in [5.74, 6) is 1.01. The number of ether oxygens (including phenoxy) is 4. The smallest absolute Gasteiger partial charge is 0.343 e. The monoisotopic (exact) mass is 551 g/mol. The molecule has 0 bridgehead atoms. The van der Waals surface area contributed by atoms with Gasteiger partial charge in [0.05, 0.1) is 44.0 Å². The summed E-state index contributed by atoms with van der Waals surface area (Å²) in [4.78, 5) is 30.4. The summed E-state index contributed by atoms with van der Waals surface area (Å²) in [6, 6.07) is 15.1. The predicted molar refractivity (Wildman–Crippen MR) is 139 cm³/mol. The van der Waals surface area contributed by atoms with Crippen LogP contribution in [0.15, 0.2) is 69.0 Å². The minimum Gasteiger partial charge on any atom is -0.493 e. The van der Waals surface area contributed by atoms with Crippen LogP contribution in [0.4, 0.5) is 0 Å². The summed E-state index contributed by atoms with van der Waals surface area (Å²) in [6.07, 6.45) is 1.44. The van der Waals surface area contributed by atoms with Crippen molar-refractivity contribution in [1.82, 2.24) is 9.66 Å². The van der Waals surface area contributed by atoms with Crippen LogP contribution in [0.5, 0.6) is 23.0 Å². The number of esters is 1. The first kappa shape index (κ1) is 24.9. The van der Waals surface area contributed by atoms with E-state index in [0.717, 1.165) is 4.47 Å². The zero-order valence-corrected chi connectivity index (χ0v) is 21.5. The number of methoxy groups -OCH3 is 3. The highest BCUT2D eigenvalue weighted by Gasteiger charge is 2.19. The number of carbonyl (C=O) groups excluding carboxylic acids is 1. The van der Waals surface area contributed by atoms with Crippen molar-refractivity contribution in [3.05, 3.63) is 86.4 Å². The SMILES string of the molecule is COc1cc(C(=O)Oc2ccc(Br)cc2C=Nn2c(C)nc3ccccc3c2=O)cc(OC)c1OC. The minimum absolute atomic E-state index is 0.195. The zero-order chi connectivity index (χ0) is 25.8. The third kappa shape index (κ3) is 4.94. The van der Waals surface area contributed by atoms with Crippen molar-refractivity contribution in [2.24, 2.45) is 5.10 Å². The summed E-state index contributed by atoms with van der Waals surface area (Å²) in [5.41, 5.74) is 0.944. The second-order valence-electron chi connectivity index (χ2n) is 7.52. The van der Waals surface area contributed by atoms with Gasteiger partial charge >= 0.3 is 5.97 Å². The van der Waals surface area contributed by atoms with Crippen LogP contribution in [-0.2, 0) is 0 Å². The van der Waals surface area contributed by atoms with Crippen LogP contribution >= 0.6 is 15.9 Å². The van der Waals surface area contributed by atoms with Crippen LogP contribution in [0, 0.1) is 6.92 Å². The molecule has 0 unspecified atom stereocenters. The molecule has 1 aromatic heterocycles. The van der Waals surface area contributed by atoms with Crippen LogP contribution in [0.1, 0.15) is 21.7 Å². The molecule has 1 heterocycles. The molecule has 0 aliphatic carbocycles. The van der Waals surface area contributed by atoms with Crippen molar-refractivity contribution in [2.75, 3.05) is 21.3 Å². The topological polar surface area (TPSA) is 101 Å². The predicted octanol–water partition coefficient (Wildman–Crippen LogP) is 4.59. The Morgan fingerprint density at radius 2 is 1.67 bits per heavy atom. The van der Waals surface area contributed by atoms with Gasteiger partial charge in [-0.25, -0.2) is 9.78 Å². The Morgan fingerprint density at radius 1 is 0.972 bits per heavy atom. The lowest BCUT2D eigenvalue weighted by atomic mass is 10.1. The molecule has 0 fully saturated rings. The molecule has 184 valence electrons. The van der Waals surface area contributed by atoms with E-state index in [1.54, 1.807) is 43.3 Å². The lowest BCUT2D eigenvalue weighted by Gasteiger charge is -2.14. The van der Waals surface area contributed by atoms with E-state index in [-0.39, 0.29) is 16.9 Å². The Kier molecular flexibility index (Phi) is 7.35. The van der Waals surface area contributed by atoms with Crippen LogP contribution in [0.25, 0.3) is 10.9 Å². The second-order valence-corrected chi connectivity index (χ2v) is 8.44. The number of nitrogens with zero attached hydrogens (tertiary/aromatic N) is 3. The summed E-state index contributed by atoms with van der Waals surface area (Å²) in [7, 11) is 4.40. The lowest BCUT2D eigenvalue weighted by Crippen LogP contribution is -2.20. The first-order valence-electron chi connectivity index (χ1n) is 10.7. The van der Waals surface area contributed by atoms with Gasteiger partial charge in [0.1, 0.15) is 11.6 Å². The van der Waals surface area contributed by atoms with E-state index in [1.165, 1.54) is 44.4 Å². The maximum absolute atomic E-state index is 13.0. The molecule has 10 heteroatoms. The Bertz CT molecular complexity index is 1520. The fraction of sp³-hybridized carbons (Fsp3) is 0.154. The number of carbonyl (C=O) groups is 1. The molecule has 0 spiro atoms. The maximum atomic E-state index is 13.0. The summed E-state index contributed by atoms with van der Waals surface area (Å²) in [6.45, 7) is 1.69. The molecule has 0 radical (unpaired) electrons. The van der Waals surface area contributed by atoms with E-state index < -0.39 is 5.97 Å². The van der Waals surface area contributed by atoms with E-state index in [0.29, 0.717) is 39.5 Å². The highest BCUT2D eigenvalue weighted by molar-refractivity contribution is 9.10. The number of benzene rings is 3. The van der Waals surface area contributed by atoms with Gasteiger partial charge in [-0.1, -0.05) is 28.1 Å². The van der Waals surface area contributed by atoms with Crippen molar-refractivity contribution >= 4 is 39.0 Å². The quantitative estimate of drug-likeness (QED) is 0.188. The van der Waals surface area contributed by atoms with Crippen molar-refractivity contribution in [2.45, 2.75) is 6.92 Å². The molecule has 9 nitrogen and oxygen atoms in total. The van der Waals surface area contributed by atoms with E-state index in [2.05, 4.69) is 26.0 Å². The van der Waals surface area contributed by atoms with E-state index in [4.69, 9.17) is 18.9 Å². The molecule has 0 saturated carbocycles. The van der Waals surface area contributed by atoms with Crippen molar-refractivity contribution in [1.29, 1.82) is 0 Å². The number of halogens is 1. The number of hydrogen-bond donors (Lipinski definition) is 0. The van der Waals surface area contributed by atoms with E-state index in [9.17, 15) is 9.59 Å². The molecule has 4 aromatic rings. The van der Waals surface area contributed by atoms with Crippen LogP contribution < -0.4 is 24.5 Å². The average molecular weight is 552 g/mol. The maximum Gasteiger partial charge on any atom is 0.343 e. The molecular weight excluding hydrogens is 530 g/mol.